The number of hydrogen-bond donors (Lipinski definition) is 0. The number of piperazine rings is 1. The molecule has 0 aromatic carbocycles. The van der Waals surface area contributed by atoms with Crippen LogP contribution in [0.4, 0.5) is 5.82 Å². The lowest BCUT2D eigenvalue weighted by atomic mass is 9.97. The quantitative estimate of drug-likeness (QED) is 0.840. The third-order valence-corrected chi connectivity index (χ3v) is 5.42. The summed E-state index contributed by atoms with van der Waals surface area (Å²) in [5.41, 5.74) is 0.614. The molecule has 25 heavy (non-hydrogen) atoms. The van der Waals surface area contributed by atoms with E-state index in [2.05, 4.69) is 39.6 Å². The third kappa shape index (κ3) is 3.93. The second kappa shape index (κ2) is 7.83. The summed E-state index contributed by atoms with van der Waals surface area (Å²) >= 11 is 0. The molecule has 134 valence electrons. The maximum atomic E-state index is 12.8. The molecule has 2 fully saturated rings. The predicted molar refractivity (Wildman–Crippen MR) is 97.2 cm³/mol. The molecule has 0 aliphatic carbocycles. The summed E-state index contributed by atoms with van der Waals surface area (Å²) in [5, 5.41) is 9.24. The number of carbonyl (C=O) groups excluding carboxylic acids is 1. The maximum Gasteiger partial charge on any atom is 0.237 e. The highest BCUT2D eigenvalue weighted by Crippen LogP contribution is 2.23. The SMILES string of the molecule is CC1CCCC(C)N1C(=O)CN1CCN(c2ncccc2C#N)CC1. The monoisotopic (exact) mass is 341 g/mol. The number of carbonyl (C=O) groups is 1. The number of likely N-dealkylation sites (tertiary alicyclic amines) is 1. The van der Waals surface area contributed by atoms with Gasteiger partial charge in [-0.05, 0) is 45.2 Å². The Morgan fingerprint density at radius 3 is 2.56 bits per heavy atom. The Morgan fingerprint density at radius 2 is 1.92 bits per heavy atom. The van der Waals surface area contributed by atoms with Crippen molar-refractivity contribution in [3.63, 3.8) is 0 Å². The van der Waals surface area contributed by atoms with Gasteiger partial charge in [-0.15, -0.1) is 0 Å². The van der Waals surface area contributed by atoms with E-state index in [1.165, 1.54) is 6.42 Å². The Hall–Kier alpha value is -2.13. The van der Waals surface area contributed by atoms with E-state index < -0.39 is 0 Å². The summed E-state index contributed by atoms with van der Waals surface area (Å²) < 4.78 is 0. The fourth-order valence-electron chi connectivity index (χ4n) is 4.04. The van der Waals surface area contributed by atoms with Crippen LogP contribution in [-0.2, 0) is 4.79 Å². The average molecular weight is 341 g/mol. The van der Waals surface area contributed by atoms with Gasteiger partial charge < -0.3 is 9.80 Å². The minimum atomic E-state index is 0.253. The topological polar surface area (TPSA) is 63.5 Å². The first kappa shape index (κ1) is 17.7. The number of pyridine rings is 1. The van der Waals surface area contributed by atoms with Crippen molar-refractivity contribution in [2.75, 3.05) is 37.6 Å². The molecule has 2 saturated heterocycles. The first-order valence-electron chi connectivity index (χ1n) is 9.23. The Kier molecular flexibility index (Phi) is 5.54. The van der Waals surface area contributed by atoms with E-state index >= 15 is 0 Å². The van der Waals surface area contributed by atoms with Gasteiger partial charge in [0, 0.05) is 44.5 Å². The molecule has 0 radical (unpaired) electrons. The number of rotatable bonds is 3. The average Bonchev–Trinajstić information content (AvgIpc) is 2.62. The first-order valence-corrected chi connectivity index (χ1v) is 9.23. The highest BCUT2D eigenvalue weighted by Gasteiger charge is 2.30. The van der Waals surface area contributed by atoms with Crippen LogP contribution in [0.5, 0.6) is 0 Å². The van der Waals surface area contributed by atoms with Gasteiger partial charge in [-0.25, -0.2) is 4.98 Å². The Bertz CT molecular complexity index is 637. The Balaban J connectivity index is 1.56. The molecule has 1 amide bonds. The third-order valence-electron chi connectivity index (χ3n) is 5.42. The van der Waals surface area contributed by atoms with E-state index in [1.54, 1.807) is 18.3 Å². The molecule has 2 unspecified atom stereocenters. The van der Waals surface area contributed by atoms with E-state index in [1.807, 2.05) is 0 Å². The number of amides is 1. The van der Waals surface area contributed by atoms with Crippen LogP contribution in [0.3, 0.4) is 0 Å². The Morgan fingerprint density at radius 1 is 1.24 bits per heavy atom. The van der Waals surface area contributed by atoms with Gasteiger partial charge in [0.15, 0.2) is 0 Å². The largest absolute Gasteiger partial charge is 0.353 e. The summed E-state index contributed by atoms with van der Waals surface area (Å²) in [6, 6.07) is 6.51. The van der Waals surface area contributed by atoms with Crippen molar-refractivity contribution >= 4 is 11.7 Å². The van der Waals surface area contributed by atoms with Crippen LogP contribution < -0.4 is 4.90 Å². The molecule has 1 aromatic heterocycles. The number of piperidine rings is 1. The van der Waals surface area contributed by atoms with Gasteiger partial charge in [0.25, 0.3) is 0 Å². The predicted octanol–water partition coefficient (Wildman–Crippen LogP) is 1.86. The van der Waals surface area contributed by atoms with Gasteiger partial charge in [0.2, 0.25) is 5.91 Å². The highest BCUT2D eigenvalue weighted by atomic mass is 16.2. The molecule has 6 heteroatoms. The van der Waals surface area contributed by atoms with E-state index in [9.17, 15) is 10.1 Å². The van der Waals surface area contributed by atoms with Crippen molar-refractivity contribution < 1.29 is 4.79 Å². The smallest absolute Gasteiger partial charge is 0.237 e. The molecule has 0 spiro atoms. The van der Waals surface area contributed by atoms with Crippen LogP contribution in [0.15, 0.2) is 18.3 Å². The number of nitrogens with zero attached hydrogens (tertiary/aromatic N) is 5. The van der Waals surface area contributed by atoms with Gasteiger partial charge in [-0.1, -0.05) is 0 Å². The van der Waals surface area contributed by atoms with Gasteiger partial charge in [0.1, 0.15) is 11.9 Å². The molecule has 0 N–H and O–H groups in total. The molecule has 3 rings (SSSR count). The molecule has 0 bridgehead atoms. The van der Waals surface area contributed by atoms with Gasteiger partial charge in [-0.3, -0.25) is 9.69 Å². The molecule has 2 atom stereocenters. The van der Waals surface area contributed by atoms with Crippen molar-refractivity contribution in [3.05, 3.63) is 23.9 Å². The summed E-state index contributed by atoms with van der Waals surface area (Å²) in [5.74, 6) is 1.01. The van der Waals surface area contributed by atoms with Gasteiger partial charge >= 0.3 is 0 Å². The van der Waals surface area contributed by atoms with Crippen LogP contribution in [0.25, 0.3) is 0 Å². The maximum absolute atomic E-state index is 12.8. The number of nitriles is 1. The molecule has 2 aliphatic rings. The lowest BCUT2D eigenvalue weighted by Gasteiger charge is -2.41. The lowest BCUT2D eigenvalue weighted by molar-refractivity contribution is -0.138. The highest BCUT2D eigenvalue weighted by molar-refractivity contribution is 5.79. The molecule has 6 nitrogen and oxygen atoms in total. The Labute approximate surface area is 150 Å². The van der Waals surface area contributed by atoms with Crippen molar-refractivity contribution in [3.8, 4) is 6.07 Å². The number of aromatic nitrogens is 1. The number of anilines is 1. The summed E-state index contributed by atoms with van der Waals surface area (Å²) in [4.78, 5) is 23.6. The van der Waals surface area contributed by atoms with Crippen molar-refractivity contribution in [1.82, 2.24) is 14.8 Å². The zero-order valence-corrected chi connectivity index (χ0v) is 15.2. The van der Waals surface area contributed by atoms with E-state index in [-0.39, 0.29) is 5.91 Å². The van der Waals surface area contributed by atoms with Crippen LogP contribution in [0.1, 0.15) is 38.7 Å². The van der Waals surface area contributed by atoms with E-state index in [0.29, 0.717) is 24.2 Å². The van der Waals surface area contributed by atoms with Gasteiger partial charge in [0.05, 0.1) is 12.1 Å². The normalized spacial score (nSPS) is 24.8. The van der Waals surface area contributed by atoms with Crippen molar-refractivity contribution in [1.29, 1.82) is 5.26 Å². The van der Waals surface area contributed by atoms with Crippen LogP contribution >= 0.6 is 0 Å². The molecule has 2 aliphatic heterocycles. The van der Waals surface area contributed by atoms with E-state index in [0.717, 1.165) is 44.8 Å². The molecule has 3 heterocycles. The zero-order valence-electron chi connectivity index (χ0n) is 15.2. The molecular formula is C19H27N5O. The van der Waals surface area contributed by atoms with Crippen LogP contribution in [-0.4, -0.2) is 65.5 Å². The molecule has 1 aromatic rings. The second-order valence-electron chi connectivity index (χ2n) is 7.18. The summed E-state index contributed by atoms with van der Waals surface area (Å²) in [6.45, 7) is 8.06. The lowest BCUT2D eigenvalue weighted by Crippen LogP contribution is -2.54. The van der Waals surface area contributed by atoms with E-state index in [4.69, 9.17) is 0 Å². The van der Waals surface area contributed by atoms with Crippen molar-refractivity contribution in [2.24, 2.45) is 0 Å². The summed E-state index contributed by atoms with van der Waals surface area (Å²) in [7, 11) is 0. The number of hydrogen-bond acceptors (Lipinski definition) is 5. The fourth-order valence-corrected chi connectivity index (χ4v) is 4.04. The zero-order chi connectivity index (χ0) is 17.8. The molecule has 0 saturated carbocycles. The van der Waals surface area contributed by atoms with Gasteiger partial charge in [-0.2, -0.15) is 5.26 Å². The fraction of sp³-hybridized carbons (Fsp3) is 0.632. The van der Waals surface area contributed by atoms with Crippen LogP contribution in [0, 0.1) is 11.3 Å². The standard InChI is InChI=1S/C19H27N5O/c1-15-5-3-6-16(2)24(15)18(25)14-22-9-11-23(12-10-22)19-17(13-20)7-4-8-21-19/h4,7-8,15-16H,3,5-6,9-12,14H2,1-2H3. The minimum Gasteiger partial charge on any atom is -0.353 e. The second-order valence-corrected chi connectivity index (χ2v) is 7.18. The summed E-state index contributed by atoms with van der Waals surface area (Å²) in [6.07, 6.45) is 5.17. The minimum absolute atomic E-state index is 0.253. The van der Waals surface area contributed by atoms with Crippen molar-refractivity contribution in [2.45, 2.75) is 45.2 Å². The first-order chi connectivity index (χ1) is 12.1. The molecular weight excluding hydrogens is 314 g/mol. The van der Waals surface area contributed by atoms with Crippen LogP contribution in [0.2, 0.25) is 0 Å².